The number of hydrogen-bond acceptors (Lipinski definition) is 6. The minimum absolute atomic E-state index is 0.0230. The number of carbonyl (C=O) groups excluding carboxylic acids is 1. The molecule has 9 nitrogen and oxygen atoms in total. The van der Waals surface area contributed by atoms with Crippen molar-refractivity contribution in [3.63, 3.8) is 0 Å². The van der Waals surface area contributed by atoms with Gasteiger partial charge in [-0.05, 0) is 30.2 Å². The SMILES string of the molecule is Cc1cc(CNC(=O)c2nc(-n3ncccc3=O)n(C)c(=O)c2O)ccc1F. The highest BCUT2D eigenvalue weighted by Crippen LogP contribution is 2.12. The van der Waals surface area contributed by atoms with E-state index in [1.165, 1.54) is 37.5 Å². The Balaban J connectivity index is 1.96. The van der Waals surface area contributed by atoms with Crippen LogP contribution in [0.3, 0.4) is 0 Å². The van der Waals surface area contributed by atoms with Crippen LogP contribution in [0, 0.1) is 12.7 Å². The summed E-state index contributed by atoms with van der Waals surface area (Å²) >= 11 is 0. The fourth-order valence-electron chi connectivity index (χ4n) is 2.52. The summed E-state index contributed by atoms with van der Waals surface area (Å²) in [7, 11) is 1.29. The van der Waals surface area contributed by atoms with Crippen LogP contribution in [0.25, 0.3) is 5.95 Å². The van der Waals surface area contributed by atoms with E-state index in [0.29, 0.717) is 11.1 Å². The van der Waals surface area contributed by atoms with Crippen LogP contribution in [0.2, 0.25) is 0 Å². The van der Waals surface area contributed by atoms with E-state index in [-0.39, 0.29) is 18.3 Å². The smallest absolute Gasteiger partial charge is 0.297 e. The maximum Gasteiger partial charge on any atom is 0.297 e. The number of hydrogen-bond donors (Lipinski definition) is 2. The number of amides is 1. The highest BCUT2D eigenvalue weighted by Gasteiger charge is 2.21. The van der Waals surface area contributed by atoms with Crippen molar-refractivity contribution in [2.24, 2.45) is 7.05 Å². The summed E-state index contributed by atoms with van der Waals surface area (Å²) in [5.41, 5.74) is -0.987. The van der Waals surface area contributed by atoms with Gasteiger partial charge in [0.2, 0.25) is 11.7 Å². The van der Waals surface area contributed by atoms with Crippen molar-refractivity contribution in [3.8, 4) is 11.7 Å². The highest BCUT2D eigenvalue weighted by atomic mass is 19.1. The molecule has 2 heterocycles. The van der Waals surface area contributed by atoms with Gasteiger partial charge in [0.05, 0.1) is 0 Å². The van der Waals surface area contributed by atoms with Crippen molar-refractivity contribution >= 4 is 5.91 Å². The minimum atomic E-state index is -0.912. The molecule has 3 aromatic rings. The van der Waals surface area contributed by atoms with Gasteiger partial charge in [0, 0.05) is 25.9 Å². The van der Waals surface area contributed by atoms with Gasteiger partial charge in [-0.15, -0.1) is 0 Å². The van der Waals surface area contributed by atoms with Crippen LogP contribution < -0.4 is 16.4 Å². The number of aromatic hydroxyl groups is 1. The number of nitrogens with one attached hydrogen (secondary N) is 1. The largest absolute Gasteiger partial charge is 0.501 e. The first kappa shape index (κ1) is 19.0. The molecule has 0 spiro atoms. The Bertz CT molecular complexity index is 1190. The molecule has 0 aliphatic rings. The predicted octanol–water partition coefficient (Wildman–Crippen LogP) is 0.409. The van der Waals surface area contributed by atoms with Crippen LogP contribution in [0.5, 0.6) is 5.75 Å². The van der Waals surface area contributed by atoms with Gasteiger partial charge in [-0.3, -0.25) is 19.0 Å². The van der Waals surface area contributed by atoms with Crippen LogP contribution in [0.4, 0.5) is 4.39 Å². The zero-order valence-corrected chi connectivity index (χ0v) is 15.0. The van der Waals surface area contributed by atoms with Crippen LogP contribution in [0.15, 0.2) is 46.1 Å². The Kier molecular flexibility index (Phi) is 5.03. The Morgan fingerprint density at radius 2 is 2.04 bits per heavy atom. The van der Waals surface area contributed by atoms with E-state index in [2.05, 4.69) is 15.4 Å². The highest BCUT2D eigenvalue weighted by molar-refractivity contribution is 5.94. The first-order valence-corrected chi connectivity index (χ1v) is 8.17. The number of carbonyl (C=O) groups is 1. The summed E-state index contributed by atoms with van der Waals surface area (Å²) < 4.78 is 15.1. The van der Waals surface area contributed by atoms with Gasteiger partial charge in [0.1, 0.15) is 5.82 Å². The van der Waals surface area contributed by atoms with E-state index < -0.39 is 28.5 Å². The zero-order chi connectivity index (χ0) is 20.4. The summed E-state index contributed by atoms with van der Waals surface area (Å²) in [5.74, 6) is -2.28. The molecule has 2 N–H and O–H groups in total. The molecular weight excluding hydrogens is 369 g/mol. The predicted molar refractivity (Wildman–Crippen MR) is 96.8 cm³/mol. The van der Waals surface area contributed by atoms with Gasteiger partial charge in [0.25, 0.3) is 17.0 Å². The van der Waals surface area contributed by atoms with Crippen molar-refractivity contribution in [2.75, 3.05) is 0 Å². The summed E-state index contributed by atoms with van der Waals surface area (Å²) in [6.45, 7) is 1.61. The lowest BCUT2D eigenvalue weighted by atomic mass is 10.1. The Morgan fingerprint density at radius 3 is 2.71 bits per heavy atom. The number of benzene rings is 1. The van der Waals surface area contributed by atoms with Crippen LogP contribution in [0.1, 0.15) is 21.6 Å². The Morgan fingerprint density at radius 1 is 1.29 bits per heavy atom. The molecule has 0 saturated heterocycles. The standard InChI is InChI=1S/C18H16FN5O4/c1-10-8-11(5-6-12(10)19)9-20-16(27)14-15(26)17(28)23(2)18(22-14)24-13(25)4-3-7-21-24/h3-8,26H,9H2,1-2H3,(H,20,27). The Labute approximate surface area is 157 Å². The maximum absolute atomic E-state index is 13.3. The van der Waals surface area contributed by atoms with Gasteiger partial charge in [-0.25, -0.2) is 9.37 Å². The van der Waals surface area contributed by atoms with E-state index in [1.807, 2.05) is 0 Å². The molecule has 1 aromatic carbocycles. The topological polar surface area (TPSA) is 119 Å². The van der Waals surface area contributed by atoms with E-state index in [4.69, 9.17) is 0 Å². The molecule has 10 heteroatoms. The normalized spacial score (nSPS) is 10.7. The fraction of sp³-hybridized carbons (Fsp3) is 0.167. The van der Waals surface area contributed by atoms with Crippen molar-refractivity contribution in [1.29, 1.82) is 0 Å². The molecule has 0 fully saturated rings. The van der Waals surface area contributed by atoms with Gasteiger partial charge in [-0.1, -0.05) is 12.1 Å². The van der Waals surface area contributed by atoms with Crippen molar-refractivity contribution in [2.45, 2.75) is 13.5 Å². The molecule has 0 aliphatic heterocycles. The Hall–Kier alpha value is -3.82. The van der Waals surface area contributed by atoms with Crippen LogP contribution >= 0.6 is 0 Å². The molecule has 0 unspecified atom stereocenters. The third-order valence-electron chi connectivity index (χ3n) is 4.04. The molecule has 144 valence electrons. The quantitative estimate of drug-likeness (QED) is 0.671. The average molecular weight is 385 g/mol. The number of aryl methyl sites for hydroxylation is 1. The summed E-state index contributed by atoms with van der Waals surface area (Å²) in [4.78, 5) is 40.6. The van der Waals surface area contributed by atoms with Gasteiger partial charge < -0.3 is 10.4 Å². The van der Waals surface area contributed by atoms with E-state index in [1.54, 1.807) is 13.0 Å². The number of rotatable bonds is 4. The van der Waals surface area contributed by atoms with Crippen molar-refractivity contribution in [1.82, 2.24) is 24.6 Å². The monoisotopic (exact) mass is 385 g/mol. The molecule has 28 heavy (non-hydrogen) atoms. The van der Waals surface area contributed by atoms with Crippen LogP contribution in [-0.2, 0) is 13.6 Å². The van der Waals surface area contributed by atoms with Crippen molar-refractivity contribution in [3.05, 3.63) is 79.9 Å². The first-order chi connectivity index (χ1) is 13.3. The van der Waals surface area contributed by atoms with E-state index in [0.717, 1.165) is 9.25 Å². The molecular formula is C18H16FN5O4. The average Bonchev–Trinajstić information content (AvgIpc) is 2.68. The lowest BCUT2D eigenvalue weighted by Crippen LogP contribution is -2.33. The lowest BCUT2D eigenvalue weighted by Gasteiger charge is -2.12. The summed E-state index contributed by atoms with van der Waals surface area (Å²) in [5, 5.41) is 16.4. The third-order valence-corrected chi connectivity index (χ3v) is 4.04. The summed E-state index contributed by atoms with van der Waals surface area (Å²) in [6, 6.07) is 6.96. The van der Waals surface area contributed by atoms with E-state index in [9.17, 15) is 23.9 Å². The minimum Gasteiger partial charge on any atom is -0.501 e. The lowest BCUT2D eigenvalue weighted by molar-refractivity contribution is 0.0942. The van der Waals surface area contributed by atoms with Gasteiger partial charge in [0.15, 0.2) is 5.69 Å². The fourth-order valence-corrected chi connectivity index (χ4v) is 2.52. The molecule has 0 aliphatic carbocycles. The van der Waals surface area contributed by atoms with Crippen molar-refractivity contribution < 1.29 is 14.3 Å². The van der Waals surface area contributed by atoms with Gasteiger partial charge >= 0.3 is 0 Å². The molecule has 0 saturated carbocycles. The first-order valence-electron chi connectivity index (χ1n) is 8.17. The molecule has 2 aromatic heterocycles. The third kappa shape index (κ3) is 3.52. The number of nitrogens with zero attached hydrogens (tertiary/aromatic N) is 4. The second-order valence-electron chi connectivity index (χ2n) is 6.01. The molecule has 1 amide bonds. The maximum atomic E-state index is 13.3. The zero-order valence-electron chi connectivity index (χ0n) is 15.0. The number of halogens is 1. The van der Waals surface area contributed by atoms with Gasteiger partial charge in [-0.2, -0.15) is 9.78 Å². The van der Waals surface area contributed by atoms with Crippen LogP contribution in [-0.4, -0.2) is 30.3 Å². The summed E-state index contributed by atoms with van der Waals surface area (Å²) in [6.07, 6.45) is 1.32. The second kappa shape index (κ2) is 7.43. The molecule has 0 radical (unpaired) electrons. The number of aromatic nitrogens is 4. The molecule has 0 atom stereocenters. The second-order valence-corrected chi connectivity index (χ2v) is 6.01. The van der Waals surface area contributed by atoms with E-state index >= 15 is 0 Å². The molecule has 0 bridgehead atoms. The molecule has 3 rings (SSSR count).